The number of halogens is 2. The van der Waals surface area contributed by atoms with Gasteiger partial charge in [-0.3, -0.25) is 4.79 Å². The van der Waals surface area contributed by atoms with Crippen LogP contribution in [0.15, 0.2) is 51.4 Å². The van der Waals surface area contributed by atoms with Crippen LogP contribution in [0.1, 0.15) is 21.5 Å². The molecule has 0 aliphatic carbocycles. The molecule has 0 saturated heterocycles. The lowest BCUT2D eigenvalue weighted by Gasteiger charge is -2.09. The second kappa shape index (κ2) is 7.02. The molecule has 2 rings (SSSR count). The molecule has 0 bridgehead atoms. The first-order valence-corrected chi connectivity index (χ1v) is 7.60. The molecule has 0 aliphatic heterocycles. The average molecular weight is 399 g/mol. The van der Waals surface area contributed by atoms with E-state index in [2.05, 4.69) is 37.2 Å². The molecule has 0 aromatic heterocycles. The molecule has 0 saturated carbocycles. The Hall–Kier alpha value is -1.17. The molecule has 1 amide bonds. The summed E-state index contributed by atoms with van der Waals surface area (Å²) in [4.78, 5) is 12.2. The molecule has 104 valence electrons. The Bertz CT molecular complexity index is 612. The molecule has 20 heavy (non-hydrogen) atoms. The highest BCUT2D eigenvalue weighted by molar-refractivity contribution is 9.10. The molecule has 0 radical (unpaired) electrons. The first kappa shape index (κ1) is 15.2. The average Bonchev–Trinajstić information content (AvgIpc) is 2.46. The van der Waals surface area contributed by atoms with Gasteiger partial charge in [0.25, 0.3) is 5.91 Å². The van der Waals surface area contributed by atoms with E-state index in [1.54, 1.807) is 18.2 Å². The summed E-state index contributed by atoms with van der Waals surface area (Å²) in [6.45, 7) is 0.289. The summed E-state index contributed by atoms with van der Waals surface area (Å²) in [7, 11) is 0. The molecule has 0 aliphatic rings. The van der Waals surface area contributed by atoms with Crippen molar-refractivity contribution in [3.05, 3.63) is 68.1 Å². The number of carbonyl (C=O) groups excluding carboxylic acids is 1. The number of hydrogen-bond acceptors (Lipinski definition) is 2. The van der Waals surface area contributed by atoms with E-state index in [1.165, 1.54) is 0 Å². The SMILES string of the molecule is O=C(NCc1ccc(Br)cc1)c1cc(Br)ccc1CO. The number of rotatable bonds is 4. The van der Waals surface area contributed by atoms with Crippen LogP contribution in [-0.4, -0.2) is 11.0 Å². The molecule has 3 nitrogen and oxygen atoms in total. The van der Waals surface area contributed by atoms with Gasteiger partial charge in [0.1, 0.15) is 0 Å². The zero-order chi connectivity index (χ0) is 14.5. The van der Waals surface area contributed by atoms with Crippen LogP contribution in [0.5, 0.6) is 0 Å². The van der Waals surface area contributed by atoms with Crippen LogP contribution in [0.4, 0.5) is 0 Å². The van der Waals surface area contributed by atoms with Crippen LogP contribution >= 0.6 is 31.9 Å². The summed E-state index contributed by atoms with van der Waals surface area (Å²) in [5, 5.41) is 12.1. The lowest BCUT2D eigenvalue weighted by atomic mass is 10.1. The topological polar surface area (TPSA) is 49.3 Å². The lowest BCUT2D eigenvalue weighted by molar-refractivity contribution is 0.0947. The van der Waals surface area contributed by atoms with E-state index in [0.29, 0.717) is 17.7 Å². The van der Waals surface area contributed by atoms with Crippen LogP contribution in [0.2, 0.25) is 0 Å². The van der Waals surface area contributed by atoms with E-state index in [0.717, 1.165) is 14.5 Å². The van der Waals surface area contributed by atoms with E-state index < -0.39 is 0 Å². The van der Waals surface area contributed by atoms with Crippen LogP contribution in [0.3, 0.4) is 0 Å². The summed E-state index contributed by atoms with van der Waals surface area (Å²) in [6.07, 6.45) is 0. The quantitative estimate of drug-likeness (QED) is 0.825. The number of nitrogens with one attached hydrogen (secondary N) is 1. The molecule has 0 fully saturated rings. The van der Waals surface area contributed by atoms with Crippen molar-refractivity contribution < 1.29 is 9.90 Å². The molecule has 0 heterocycles. The van der Waals surface area contributed by atoms with E-state index in [9.17, 15) is 9.90 Å². The highest BCUT2D eigenvalue weighted by atomic mass is 79.9. The molecule has 0 atom stereocenters. The Morgan fingerprint density at radius 1 is 1.05 bits per heavy atom. The molecule has 2 N–H and O–H groups in total. The normalized spacial score (nSPS) is 10.3. The summed E-state index contributed by atoms with van der Waals surface area (Å²) in [5.41, 5.74) is 2.11. The summed E-state index contributed by atoms with van der Waals surface area (Å²) >= 11 is 6.70. The van der Waals surface area contributed by atoms with Gasteiger partial charge in [-0.25, -0.2) is 0 Å². The Kier molecular flexibility index (Phi) is 5.34. The Balaban J connectivity index is 2.08. The fraction of sp³-hybridized carbons (Fsp3) is 0.133. The van der Waals surface area contributed by atoms with Crippen molar-refractivity contribution in [2.75, 3.05) is 0 Å². The summed E-state index contributed by atoms with van der Waals surface area (Å²) in [5.74, 6) is -0.196. The second-order valence-electron chi connectivity index (χ2n) is 4.27. The van der Waals surface area contributed by atoms with Gasteiger partial charge in [0.05, 0.1) is 6.61 Å². The van der Waals surface area contributed by atoms with Crippen molar-refractivity contribution in [2.24, 2.45) is 0 Å². The number of hydrogen-bond donors (Lipinski definition) is 2. The van der Waals surface area contributed by atoms with Gasteiger partial charge in [0.2, 0.25) is 0 Å². The number of aliphatic hydroxyl groups excluding tert-OH is 1. The molecular formula is C15H13Br2NO2. The third-order valence-corrected chi connectivity index (χ3v) is 3.88. The maximum atomic E-state index is 12.2. The first-order chi connectivity index (χ1) is 9.60. The number of amides is 1. The van der Waals surface area contributed by atoms with Crippen LogP contribution in [0, 0.1) is 0 Å². The fourth-order valence-corrected chi connectivity index (χ4v) is 2.40. The molecule has 2 aromatic rings. The van der Waals surface area contributed by atoms with E-state index in [-0.39, 0.29) is 12.5 Å². The second-order valence-corrected chi connectivity index (χ2v) is 6.10. The van der Waals surface area contributed by atoms with Gasteiger partial charge in [0.15, 0.2) is 0 Å². The van der Waals surface area contributed by atoms with E-state index >= 15 is 0 Å². The number of carbonyl (C=O) groups is 1. The summed E-state index contributed by atoms with van der Waals surface area (Å²) < 4.78 is 1.81. The number of benzene rings is 2. The summed E-state index contributed by atoms with van der Waals surface area (Å²) in [6, 6.07) is 13.0. The van der Waals surface area contributed by atoms with E-state index in [1.807, 2.05) is 24.3 Å². The lowest BCUT2D eigenvalue weighted by Crippen LogP contribution is -2.24. The largest absolute Gasteiger partial charge is 0.392 e. The minimum Gasteiger partial charge on any atom is -0.392 e. The zero-order valence-corrected chi connectivity index (χ0v) is 13.7. The minimum atomic E-state index is -0.196. The van der Waals surface area contributed by atoms with Gasteiger partial charge in [0, 0.05) is 21.1 Å². The van der Waals surface area contributed by atoms with Crippen molar-refractivity contribution in [3.63, 3.8) is 0 Å². The van der Waals surface area contributed by atoms with Gasteiger partial charge in [-0.1, -0.05) is 50.1 Å². The monoisotopic (exact) mass is 397 g/mol. The maximum Gasteiger partial charge on any atom is 0.251 e. The Morgan fingerprint density at radius 3 is 2.35 bits per heavy atom. The standard InChI is InChI=1S/C15H13Br2NO2/c16-12-4-1-10(2-5-12)8-18-15(20)14-7-13(17)6-3-11(14)9-19/h1-7,19H,8-9H2,(H,18,20). The predicted molar refractivity (Wildman–Crippen MR) is 85.4 cm³/mol. The molecule has 5 heteroatoms. The van der Waals surface area contributed by atoms with E-state index in [4.69, 9.17) is 0 Å². The third-order valence-electron chi connectivity index (χ3n) is 2.85. The molecule has 0 unspecified atom stereocenters. The fourth-order valence-electron chi connectivity index (χ4n) is 1.78. The van der Waals surface area contributed by atoms with Gasteiger partial charge < -0.3 is 10.4 Å². The van der Waals surface area contributed by atoms with Gasteiger partial charge in [-0.2, -0.15) is 0 Å². The highest BCUT2D eigenvalue weighted by Gasteiger charge is 2.11. The van der Waals surface area contributed by atoms with Crippen molar-refractivity contribution in [3.8, 4) is 0 Å². The van der Waals surface area contributed by atoms with Gasteiger partial charge in [-0.05, 0) is 35.4 Å². The van der Waals surface area contributed by atoms with Crippen molar-refractivity contribution >= 4 is 37.8 Å². The molecular weight excluding hydrogens is 386 g/mol. The first-order valence-electron chi connectivity index (χ1n) is 6.02. The maximum absolute atomic E-state index is 12.2. The molecule has 2 aromatic carbocycles. The third kappa shape index (κ3) is 3.91. The molecule has 0 spiro atoms. The predicted octanol–water partition coefficient (Wildman–Crippen LogP) is 3.63. The minimum absolute atomic E-state index is 0.158. The van der Waals surface area contributed by atoms with Crippen LogP contribution < -0.4 is 5.32 Å². The van der Waals surface area contributed by atoms with Gasteiger partial charge in [-0.15, -0.1) is 0 Å². The highest BCUT2D eigenvalue weighted by Crippen LogP contribution is 2.17. The van der Waals surface area contributed by atoms with Crippen LogP contribution in [-0.2, 0) is 13.2 Å². The number of aliphatic hydroxyl groups is 1. The van der Waals surface area contributed by atoms with Crippen molar-refractivity contribution in [1.29, 1.82) is 0 Å². The Labute approximate surface area is 134 Å². The van der Waals surface area contributed by atoms with Crippen molar-refractivity contribution in [1.82, 2.24) is 5.32 Å². The van der Waals surface area contributed by atoms with Gasteiger partial charge >= 0.3 is 0 Å². The van der Waals surface area contributed by atoms with Crippen LogP contribution in [0.25, 0.3) is 0 Å². The zero-order valence-electron chi connectivity index (χ0n) is 10.6. The van der Waals surface area contributed by atoms with Crippen molar-refractivity contribution in [2.45, 2.75) is 13.2 Å². The smallest absolute Gasteiger partial charge is 0.251 e. The Morgan fingerprint density at radius 2 is 1.70 bits per heavy atom.